The van der Waals surface area contributed by atoms with Gasteiger partial charge >= 0.3 is 0 Å². The average Bonchev–Trinajstić information content (AvgIpc) is 1.96. The van der Waals surface area contributed by atoms with Crippen LogP contribution in [0.5, 0.6) is 0 Å². The Morgan fingerprint density at radius 1 is 1.38 bits per heavy atom. The Bertz CT molecular complexity index is 336. The van der Waals surface area contributed by atoms with Crippen molar-refractivity contribution in [2.24, 2.45) is 10.7 Å². The molecule has 0 aliphatic carbocycles. The Morgan fingerprint density at radius 3 is 2.23 bits per heavy atom. The molecule has 0 heterocycles. The predicted octanol–water partition coefficient (Wildman–Crippen LogP) is 3.76. The fourth-order valence-corrected chi connectivity index (χ4v) is 2.11. The molecule has 0 fully saturated rings. The number of halogens is 3. The Hall–Kier alpha value is -0.250. The van der Waals surface area contributed by atoms with Crippen molar-refractivity contribution in [2.75, 3.05) is 0 Å². The third-order valence-electron chi connectivity index (χ3n) is 1.27. The maximum atomic E-state index is 5.90. The average molecular weight is 282 g/mol. The number of amidine groups is 1. The van der Waals surface area contributed by atoms with E-state index >= 15 is 0 Å². The Morgan fingerprint density at radius 2 is 1.85 bits per heavy atom. The van der Waals surface area contributed by atoms with Crippen LogP contribution in [0.15, 0.2) is 21.6 Å². The summed E-state index contributed by atoms with van der Waals surface area (Å²) in [6, 6.07) is 3.43. The number of aliphatic imine (C=N–C) groups is 1. The molecule has 0 spiro atoms. The predicted molar refractivity (Wildman–Crippen MR) is 61.1 cm³/mol. The van der Waals surface area contributed by atoms with Crippen molar-refractivity contribution in [3.63, 3.8) is 0 Å². The first kappa shape index (κ1) is 10.8. The van der Waals surface area contributed by atoms with E-state index in [0.717, 1.165) is 4.47 Å². The van der Waals surface area contributed by atoms with Crippen LogP contribution in [-0.4, -0.2) is 5.84 Å². The monoisotopic (exact) mass is 280 g/mol. The molecule has 1 rings (SSSR count). The standard InChI is InChI=1S/C8H7BrCl2N2/c1-4(12)13-8-6(10)2-5(9)3-7(8)11/h2-3H,1H3,(H2,12,13). The summed E-state index contributed by atoms with van der Waals surface area (Å²) < 4.78 is 0.816. The summed E-state index contributed by atoms with van der Waals surface area (Å²) in [5.41, 5.74) is 5.93. The highest BCUT2D eigenvalue weighted by molar-refractivity contribution is 9.10. The van der Waals surface area contributed by atoms with Crippen LogP contribution in [-0.2, 0) is 0 Å². The van der Waals surface area contributed by atoms with Gasteiger partial charge in [-0.1, -0.05) is 39.1 Å². The zero-order valence-electron chi connectivity index (χ0n) is 6.81. The maximum absolute atomic E-state index is 5.90. The molecular formula is C8H7BrCl2N2. The largest absolute Gasteiger partial charge is 0.387 e. The van der Waals surface area contributed by atoms with Crippen molar-refractivity contribution in [1.82, 2.24) is 0 Å². The van der Waals surface area contributed by atoms with Gasteiger partial charge in [0.1, 0.15) is 5.69 Å². The highest BCUT2D eigenvalue weighted by Gasteiger charge is 2.05. The van der Waals surface area contributed by atoms with Crippen molar-refractivity contribution in [1.29, 1.82) is 0 Å². The van der Waals surface area contributed by atoms with Gasteiger partial charge in [-0.25, -0.2) is 4.99 Å². The Kier molecular flexibility index (Phi) is 3.59. The zero-order chi connectivity index (χ0) is 10.0. The van der Waals surface area contributed by atoms with Crippen molar-refractivity contribution >= 4 is 50.7 Å². The van der Waals surface area contributed by atoms with Crippen LogP contribution in [0.2, 0.25) is 10.0 Å². The Balaban J connectivity index is 3.29. The van der Waals surface area contributed by atoms with Crippen molar-refractivity contribution < 1.29 is 0 Å². The van der Waals surface area contributed by atoms with Gasteiger partial charge in [0.25, 0.3) is 0 Å². The molecule has 2 nitrogen and oxygen atoms in total. The normalized spacial score (nSPS) is 11.8. The third kappa shape index (κ3) is 2.86. The second-order valence-corrected chi connectivity index (χ2v) is 4.20. The van der Waals surface area contributed by atoms with Crippen LogP contribution in [0.3, 0.4) is 0 Å². The molecule has 0 aromatic heterocycles. The van der Waals surface area contributed by atoms with E-state index in [1.54, 1.807) is 19.1 Å². The smallest absolute Gasteiger partial charge is 0.102 e. The highest BCUT2D eigenvalue weighted by Crippen LogP contribution is 2.35. The van der Waals surface area contributed by atoms with Gasteiger partial charge in [-0.3, -0.25) is 0 Å². The molecule has 0 amide bonds. The number of hydrogen-bond donors (Lipinski definition) is 1. The van der Waals surface area contributed by atoms with Crippen LogP contribution < -0.4 is 5.73 Å². The minimum Gasteiger partial charge on any atom is -0.387 e. The first-order valence-corrected chi connectivity index (χ1v) is 5.01. The van der Waals surface area contributed by atoms with Crippen molar-refractivity contribution in [3.05, 3.63) is 26.7 Å². The van der Waals surface area contributed by atoms with Crippen molar-refractivity contribution in [3.8, 4) is 0 Å². The molecule has 1 aromatic carbocycles. The number of benzene rings is 1. The summed E-state index contributed by atoms with van der Waals surface area (Å²) in [5, 5.41) is 0.952. The van der Waals surface area contributed by atoms with Gasteiger partial charge < -0.3 is 5.73 Å². The van der Waals surface area contributed by atoms with Crippen molar-refractivity contribution in [2.45, 2.75) is 6.92 Å². The first-order valence-electron chi connectivity index (χ1n) is 3.46. The van der Waals surface area contributed by atoms with Gasteiger partial charge in [-0.15, -0.1) is 0 Å². The minimum atomic E-state index is 0.422. The molecule has 0 saturated heterocycles. The molecular weight excluding hydrogens is 275 g/mol. The topological polar surface area (TPSA) is 38.4 Å². The summed E-state index contributed by atoms with van der Waals surface area (Å²) in [6.45, 7) is 1.68. The lowest BCUT2D eigenvalue weighted by atomic mass is 10.3. The third-order valence-corrected chi connectivity index (χ3v) is 2.30. The molecule has 0 bridgehead atoms. The van der Waals surface area contributed by atoms with E-state index in [9.17, 15) is 0 Å². The quantitative estimate of drug-likeness (QED) is 0.618. The second kappa shape index (κ2) is 4.31. The van der Waals surface area contributed by atoms with Gasteiger partial charge in [-0.2, -0.15) is 0 Å². The summed E-state index contributed by atoms with van der Waals surface area (Å²) in [4.78, 5) is 4.01. The summed E-state index contributed by atoms with van der Waals surface area (Å²) in [5.74, 6) is 0.422. The molecule has 1 aromatic rings. The second-order valence-electron chi connectivity index (χ2n) is 2.47. The molecule has 2 N–H and O–H groups in total. The molecule has 0 atom stereocenters. The van der Waals surface area contributed by atoms with E-state index in [0.29, 0.717) is 21.6 Å². The zero-order valence-corrected chi connectivity index (χ0v) is 9.91. The van der Waals surface area contributed by atoms with Gasteiger partial charge in [-0.05, 0) is 19.1 Å². The van der Waals surface area contributed by atoms with E-state index in [4.69, 9.17) is 28.9 Å². The fraction of sp³-hybridized carbons (Fsp3) is 0.125. The number of rotatable bonds is 1. The lowest BCUT2D eigenvalue weighted by Gasteiger charge is -2.02. The molecule has 0 radical (unpaired) electrons. The number of nitrogens with two attached hydrogens (primary N) is 1. The van der Waals surface area contributed by atoms with E-state index in [1.807, 2.05) is 0 Å². The van der Waals surface area contributed by atoms with Gasteiger partial charge in [0, 0.05) is 4.47 Å². The van der Waals surface area contributed by atoms with Crippen LogP contribution in [0.4, 0.5) is 5.69 Å². The SMILES string of the molecule is CC(N)=Nc1c(Cl)cc(Br)cc1Cl. The van der Waals surface area contributed by atoms with E-state index in [-0.39, 0.29) is 0 Å². The fourth-order valence-electron chi connectivity index (χ4n) is 0.818. The Labute approximate surface area is 94.9 Å². The van der Waals surface area contributed by atoms with Gasteiger partial charge in [0.15, 0.2) is 0 Å². The summed E-state index contributed by atoms with van der Waals surface area (Å²) in [7, 11) is 0. The van der Waals surface area contributed by atoms with E-state index < -0.39 is 0 Å². The van der Waals surface area contributed by atoms with Crippen LogP contribution in [0.1, 0.15) is 6.92 Å². The molecule has 0 aliphatic rings. The molecule has 0 saturated carbocycles. The van der Waals surface area contributed by atoms with Crippen LogP contribution in [0.25, 0.3) is 0 Å². The summed E-state index contributed by atoms with van der Waals surface area (Å²) >= 11 is 15.1. The van der Waals surface area contributed by atoms with E-state index in [2.05, 4.69) is 20.9 Å². The number of hydrogen-bond acceptors (Lipinski definition) is 1. The molecule has 13 heavy (non-hydrogen) atoms. The molecule has 5 heteroatoms. The minimum absolute atomic E-state index is 0.422. The van der Waals surface area contributed by atoms with Gasteiger partial charge in [0.05, 0.1) is 15.9 Å². The lowest BCUT2D eigenvalue weighted by Crippen LogP contribution is -2.03. The van der Waals surface area contributed by atoms with Gasteiger partial charge in [0.2, 0.25) is 0 Å². The molecule has 70 valence electrons. The number of nitrogens with zero attached hydrogens (tertiary/aromatic N) is 1. The van der Waals surface area contributed by atoms with Crippen LogP contribution >= 0.6 is 39.1 Å². The highest BCUT2D eigenvalue weighted by atomic mass is 79.9. The van der Waals surface area contributed by atoms with E-state index in [1.165, 1.54) is 0 Å². The maximum Gasteiger partial charge on any atom is 0.102 e. The first-order chi connectivity index (χ1) is 6.00. The lowest BCUT2D eigenvalue weighted by molar-refractivity contribution is 1.44. The molecule has 0 aliphatic heterocycles. The molecule has 0 unspecified atom stereocenters. The van der Waals surface area contributed by atoms with Crippen LogP contribution in [0, 0.1) is 0 Å². The summed E-state index contributed by atoms with van der Waals surface area (Å²) in [6.07, 6.45) is 0.